The van der Waals surface area contributed by atoms with E-state index in [1.807, 2.05) is 0 Å². The van der Waals surface area contributed by atoms with Crippen LogP contribution in [0.5, 0.6) is 0 Å². The number of esters is 1. The Morgan fingerprint density at radius 2 is 1.83 bits per heavy atom. The van der Waals surface area contributed by atoms with Crippen LogP contribution in [0.4, 0.5) is 0 Å². The van der Waals surface area contributed by atoms with Gasteiger partial charge in [-0.05, 0) is 55.5 Å². The number of aliphatic hydroxyl groups excluding tert-OH is 1. The standard InChI is InChI=1S/C25H16Cl3NO5S/c1-2-33-25(32)21-22(30)20(35-24(21)29-23(31)15-5-3-4-6-16(15)26)12-14-8-10-19(34-14)13-7-9-17(27)18(28)11-13/h3-12,30H,2H2,1H3/b20-12-,29-24?. The summed E-state index contributed by atoms with van der Waals surface area (Å²) in [5, 5.41) is 11.8. The molecule has 3 aromatic rings. The van der Waals surface area contributed by atoms with E-state index in [1.54, 1.807) is 55.5 Å². The second-order valence-corrected chi connectivity index (χ2v) is 9.34. The summed E-state index contributed by atoms with van der Waals surface area (Å²) in [6.07, 6.45) is 1.53. The summed E-state index contributed by atoms with van der Waals surface area (Å²) in [7, 11) is 0. The third-order valence-electron chi connectivity index (χ3n) is 4.78. The van der Waals surface area contributed by atoms with E-state index < -0.39 is 11.9 Å². The first-order valence-corrected chi connectivity index (χ1v) is 12.2. The third kappa shape index (κ3) is 5.49. The van der Waals surface area contributed by atoms with Crippen molar-refractivity contribution in [3.05, 3.63) is 97.2 Å². The molecule has 2 aromatic carbocycles. The largest absolute Gasteiger partial charge is 0.506 e. The van der Waals surface area contributed by atoms with Crippen molar-refractivity contribution in [2.75, 3.05) is 6.61 Å². The number of carbonyl (C=O) groups is 2. The fourth-order valence-electron chi connectivity index (χ4n) is 3.14. The van der Waals surface area contributed by atoms with E-state index in [-0.39, 0.29) is 38.5 Å². The highest BCUT2D eigenvalue weighted by Crippen LogP contribution is 2.40. The Morgan fingerprint density at radius 3 is 2.54 bits per heavy atom. The summed E-state index contributed by atoms with van der Waals surface area (Å²) in [5.41, 5.74) is 0.669. The van der Waals surface area contributed by atoms with Crippen LogP contribution in [0.2, 0.25) is 15.1 Å². The van der Waals surface area contributed by atoms with Crippen molar-refractivity contribution in [3.63, 3.8) is 0 Å². The molecular weight excluding hydrogens is 533 g/mol. The van der Waals surface area contributed by atoms with Gasteiger partial charge in [0.2, 0.25) is 0 Å². The Labute approximate surface area is 219 Å². The maximum Gasteiger partial charge on any atom is 0.344 e. The van der Waals surface area contributed by atoms with E-state index in [1.165, 1.54) is 12.1 Å². The summed E-state index contributed by atoms with van der Waals surface area (Å²) < 4.78 is 10.9. The summed E-state index contributed by atoms with van der Waals surface area (Å²) >= 11 is 19.1. The molecule has 1 aliphatic heterocycles. The second kappa shape index (κ2) is 10.7. The summed E-state index contributed by atoms with van der Waals surface area (Å²) in [5.74, 6) is -0.916. The molecule has 0 atom stereocenters. The second-order valence-electron chi connectivity index (χ2n) is 7.09. The summed E-state index contributed by atoms with van der Waals surface area (Å²) in [6, 6.07) is 14.9. The van der Waals surface area contributed by atoms with Crippen molar-refractivity contribution in [2.45, 2.75) is 6.92 Å². The van der Waals surface area contributed by atoms with Crippen LogP contribution < -0.4 is 0 Å². The topological polar surface area (TPSA) is 89.1 Å². The highest BCUT2D eigenvalue weighted by atomic mass is 35.5. The van der Waals surface area contributed by atoms with Gasteiger partial charge < -0.3 is 14.3 Å². The number of ether oxygens (including phenoxy) is 1. The van der Waals surface area contributed by atoms with Crippen molar-refractivity contribution in [2.24, 2.45) is 4.99 Å². The number of aliphatic imine (C=N–C) groups is 1. The zero-order valence-electron chi connectivity index (χ0n) is 18.1. The van der Waals surface area contributed by atoms with E-state index >= 15 is 0 Å². The Bertz CT molecular complexity index is 1420. The highest BCUT2D eigenvalue weighted by molar-refractivity contribution is 8.18. The van der Waals surface area contributed by atoms with Crippen molar-refractivity contribution in [3.8, 4) is 11.3 Å². The number of hydrogen-bond donors (Lipinski definition) is 1. The van der Waals surface area contributed by atoms with Gasteiger partial charge in [0, 0.05) is 5.56 Å². The van der Waals surface area contributed by atoms with E-state index in [4.69, 9.17) is 44.0 Å². The minimum Gasteiger partial charge on any atom is -0.506 e. The first-order chi connectivity index (χ1) is 16.8. The van der Waals surface area contributed by atoms with Crippen LogP contribution in [-0.4, -0.2) is 28.6 Å². The van der Waals surface area contributed by atoms with Gasteiger partial charge in [-0.1, -0.05) is 58.7 Å². The summed E-state index contributed by atoms with van der Waals surface area (Å²) in [4.78, 5) is 29.6. The number of rotatable bonds is 5. The molecule has 0 spiro atoms. The molecular formula is C25H16Cl3NO5S. The van der Waals surface area contributed by atoms with Gasteiger partial charge in [0.1, 0.15) is 27.9 Å². The molecule has 0 aliphatic carbocycles. The predicted octanol–water partition coefficient (Wildman–Crippen LogP) is 7.61. The molecule has 1 aliphatic rings. The van der Waals surface area contributed by atoms with Crippen molar-refractivity contribution >= 4 is 69.6 Å². The van der Waals surface area contributed by atoms with Crippen LogP contribution in [0.3, 0.4) is 0 Å². The normalized spacial score (nSPS) is 15.8. The monoisotopic (exact) mass is 547 g/mol. The number of aliphatic hydroxyl groups is 1. The number of hydrogen-bond acceptors (Lipinski definition) is 6. The molecule has 0 saturated carbocycles. The molecule has 1 amide bonds. The van der Waals surface area contributed by atoms with Crippen LogP contribution >= 0.6 is 46.6 Å². The van der Waals surface area contributed by atoms with E-state index in [0.717, 1.165) is 11.8 Å². The molecule has 0 radical (unpaired) electrons. The Morgan fingerprint density at radius 1 is 1.06 bits per heavy atom. The Hall–Kier alpha value is -2.97. The minimum absolute atomic E-state index is 0.00613. The van der Waals surface area contributed by atoms with Crippen molar-refractivity contribution in [1.29, 1.82) is 0 Å². The Kier molecular flexibility index (Phi) is 7.72. The fourth-order valence-corrected chi connectivity index (χ4v) is 4.65. The number of thioether (sulfide) groups is 1. The van der Waals surface area contributed by atoms with Crippen LogP contribution in [0.1, 0.15) is 23.0 Å². The van der Waals surface area contributed by atoms with E-state index in [9.17, 15) is 14.7 Å². The molecule has 1 N–H and O–H groups in total. The lowest BCUT2D eigenvalue weighted by atomic mass is 10.2. The lowest BCUT2D eigenvalue weighted by Crippen LogP contribution is -2.14. The van der Waals surface area contributed by atoms with E-state index in [0.29, 0.717) is 27.1 Å². The Balaban J connectivity index is 1.69. The molecule has 4 rings (SSSR count). The molecule has 2 heterocycles. The van der Waals surface area contributed by atoms with Crippen molar-refractivity contribution in [1.82, 2.24) is 0 Å². The molecule has 10 heteroatoms. The van der Waals surface area contributed by atoms with Gasteiger partial charge in [-0.15, -0.1) is 0 Å². The molecule has 6 nitrogen and oxygen atoms in total. The molecule has 0 bridgehead atoms. The number of furan rings is 1. The zero-order valence-corrected chi connectivity index (χ0v) is 21.1. The average Bonchev–Trinajstić information content (AvgIpc) is 3.41. The lowest BCUT2D eigenvalue weighted by Gasteiger charge is -2.04. The first kappa shape index (κ1) is 25.1. The summed E-state index contributed by atoms with van der Waals surface area (Å²) in [6.45, 7) is 1.71. The molecule has 0 saturated heterocycles. The van der Waals surface area contributed by atoms with Gasteiger partial charge in [0.15, 0.2) is 0 Å². The molecule has 0 fully saturated rings. The maximum atomic E-state index is 12.7. The van der Waals surface area contributed by atoms with Crippen LogP contribution in [0.25, 0.3) is 17.4 Å². The van der Waals surface area contributed by atoms with Crippen molar-refractivity contribution < 1.29 is 23.8 Å². The predicted molar refractivity (Wildman–Crippen MR) is 139 cm³/mol. The maximum absolute atomic E-state index is 12.7. The van der Waals surface area contributed by atoms with Crippen LogP contribution in [0, 0.1) is 0 Å². The molecule has 178 valence electrons. The van der Waals surface area contributed by atoms with Gasteiger partial charge in [-0.25, -0.2) is 9.79 Å². The zero-order chi connectivity index (χ0) is 25.1. The number of benzene rings is 2. The fraction of sp³-hybridized carbons (Fsp3) is 0.0800. The average molecular weight is 549 g/mol. The smallest absolute Gasteiger partial charge is 0.344 e. The van der Waals surface area contributed by atoms with Gasteiger partial charge in [-0.2, -0.15) is 0 Å². The number of nitrogens with zero attached hydrogens (tertiary/aromatic N) is 1. The van der Waals surface area contributed by atoms with Gasteiger partial charge in [-0.3, -0.25) is 4.79 Å². The number of carbonyl (C=O) groups excluding carboxylic acids is 2. The highest BCUT2D eigenvalue weighted by Gasteiger charge is 2.34. The van der Waals surface area contributed by atoms with Gasteiger partial charge in [0.05, 0.1) is 32.1 Å². The van der Waals surface area contributed by atoms with Crippen LogP contribution in [0.15, 0.2) is 80.2 Å². The van der Waals surface area contributed by atoms with Crippen LogP contribution in [-0.2, 0) is 9.53 Å². The van der Waals surface area contributed by atoms with Gasteiger partial charge >= 0.3 is 5.97 Å². The molecule has 35 heavy (non-hydrogen) atoms. The quantitative estimate of drug-likeness (QED) is 0.330. The SMILES string of the molecule is CCOC(=O)C1=C(O)/C(=C/c2ccc(-c3ccc(Cl)c(Cl)c3)o2)SC1=NC(=O)c1ccccc1Cl. The van der Waals surface area contributed by atoms with Gasteiger partial charge in [0.25, 0.3) is 5.91 Å². The number of halogens is 3. The molecule has 1 aromatic heterocycles. The minimum atomic E-state index is -0.803. The first-order valence-electron chi connectivity index (χ1n) is 10.2. The molecule has 0 unspecified atom stereocenters. The number of amides is 1. The van der Waals surface area contributed by atoms with E-state index in [2.05, 4.69) is 4.99 Å². The lowest BCUT2D eigenvalue weighted by molar-refractivity contribution is -0.138. The third-order valence-corrected chi connectivity index (χ3v) is 6.87.